The molecule has 7 heteroatoms. The van der Waals surface area contributed by atoms with Gasteiger partial charge in [0.25, 0.3) is 0 Å². The third-order valence-electron chi connectivity index (χ3n) is 1.64. The molecule has 0 radical (unpaired) electrons. The standard InChI is InChI=1S/C9H8ClF3N2O/c10-5-2-1-3-6(7(5)8(14)15)16-4-9(11,12)13/h1-3H,4H2,(H3,14,15). The van der Waals surface area contributed by atoms with Crippen molar-refractivity contribution in [2.45, 2.75) is 6.18 Å². The highest BCUT2D eigenvalue weighted by Gasteiger charge is 2.29. The van der Waals surface area contributed by atoms with Crippen LogP contribution in [-0.2, 0) is 0 Å². The van der Waals surface area contributed by atoms with Crippen molar-refractivity contribution in [2.75, 3.05) is 6.61 Å². The van der Waals surface area contributed by atoms with E-state index in [9.17, 15) is 13.2 Å². The Hall–Kier alpha value is -1.43. The lowest BCUT2D eigenvalue weighted by Crippen LogP contribution is -2.21. The zero-order valence-corrected chi connectivity index (χ0v) is 8.69. The summed E-state index contributed by atoms with van der Waals surface area (Å²) >= 11 is 5.69. The largest absolute Gasteiger partial charge is 0.483 e. The molecule has 0 aliphatic rings. The van der Waals surface area contributed by atoms with Crippen molar-refractivity contribution in [1.82, 2.24) is 0 Å². The van der Waals surface area contributed by atoms with Crippen LogP contribution in [0.15, 0.2) is 18.2 Å². The Morgan fingerprint density at radius 3 is 2.56 bits per heavy atom. The Labute approximate surface area is 94.5 Å². The Balaban J connectivity index is 2.96. The molecule has 0 saturated carbocycles. The van der Waals surface area contributed by atoms with Gasteiger partial charge in [0.05, 0.1) is 10.6 Å². The van der Waals surface area contributed by atoms with Crippen LogP contribution in [0.25, 0.3) is 0 Å². The lowest BCUT2D eigenvalue weighted by molar-refractivity contribution is -0.153. The molecule has 0 heterocycles. The van der Waals surface area contributed by atoms with E-state index >= 15 is 0 Å². The maximum absolute atomic E-state index is 11.9. The molecule has 0 spiro atoms. The van der Waals surface area contributed by atoms with E-state index in [0.717, 1.165) is 0 Å². The van der Waals surface area contributed by atoms with E-state index < -0.39 is 18.6 Å². The van der Waals surface area contributed by atoms with Gasteiger partial charge in [-0.15, -0.1) is 0 Å². The number of amidine groups is 1. The van der Waals surface area contributed by atoms with E-state index in [1.54, 1.807) is 0 Å². The molecule has 0 atom stereocenters. The van der Waals surface area contributed by atoms with Crippen molar-refractivity contribution in [1.29, 1.82) is 5.41 Å². The number of ether oxygens (including phenoxy) is 1. The van der Waals surface area contributed by atoms with Crippen LogP contribution < -0.4 is 10.5 Å². The first-order chi connectivity index (χ1) is 7.31. The van der Waals surface area contributed by atoms with E-state index in [2.05, 4.69) is 4.74 Å². The number of benzene rings is 1. The molecule has 0 aromatic heterocycles. The van der Waals surface area contributed by atoms with Crippen LogP contribution >= 0.6 is 11.6 Å². The third kappa shape index (κ3) is 3.30. The molecule has 16 heavy (non-hydrogen) atoms. The number of hydrogen-bond acceptors (Lipinski definition) is 2. The highest BCUT2D eigenvalue weighted by atomic mass is 35.5. The van der Waals surface area contributed by atoms with Gasteiger partial charge in [-0.2, -0.15) is 13.2 Å². The average molecular weight is 253 g/mol. The summed E-state index contributed by atoms with van der Waals surface area (Å²) in [5.74, 6) is -0.597. The Morgan fingerprint density at radius 1 is 1.44 bits per heavy atom. The fraction of sp³-hybridized carbons (Fsp3) is 0.222. The molecule has 0 aliphatic heterocycles. The number of rotatable bonds is 3. The Morgan fingerprint density at radius 2 is 2.06 bits per heavy atom. The van der Waals surface area contributed by atoms with Crippen LogP contribution in [0, 0.1) is 5.41 Å². The number of hydrogen-bond donors (Lipinski definition) is 2. The highest BCUT2D eigenvalue weighted by molar-refractivity contribution is 6.34. The summed E-state index contributed by atoms with van der Waals surface area (Å²) < 4.78 is 40.3. The van der Waals surface area contributed by atoms with Gasteiger partial charge in [0.2, 0.25) is 0 Å². The second-order valence-electron chi connectivity index (χ2n) is 2.93. The molecule has 1 aromatic carbocycles. The first-order valence-corrected chi connectivity index (χ1v) is 4.51. The SMILES string of the molecule is N=C(N)c1c(Cl)cccc1OCC(F)(F)F. The molecule has 0 fully saturated rings. The van der Waals surface area contributed by atoms with Crippen molar-refractivity contribution >= 4 is 17.4 Å². The van der Waals surface area contributed by atoms with Gasteiger partial charge < -0.3 is 10.5 Å². The topological polar surface area (TPSA) is 59.1 Å². The van der Waals surface area contributed by atoms with E-state index in [4.69, 9.17) is 22.7 Å². The van der Waals surface area contributed by atoms with Gasteiger partial charge in [0.15, 0.2) is 6.61 Å². The molecular weight excluding hydrogens is 245 g/mol. The van der Waals surface area contributed by atoms with Crippen LogP contribution in [0.5, 0.6) is 5.75 Å². The molecular formula is C9H8ClF3N2O. The summed E-state index contributed by atoms with van der Waals surface area (Å²) in [7, 11) is 0. The Kier molecular flexibility index (Phi) is 3.64. The summed E-state index contributed by atoms with van der Waals surface area (Å²) in [5.41, 5.74) is 5.16. The lowest BCUT2D eigenvalue weighted by Gasteiger charge is -2.13. The van der Waals surface area contributed by atoms with E-state index in [1.165, 1.54) is 18.2 Å². The first-order valence-electron chi connectivity index (χ1n) is 4.13. The summed E-state index contributed by atoms with van der Waals surface area (Å²) in [6.07, 6.45) is -4.45. The number of alkyl halides is 3. The zero-order chi connectivity index (χ0) is 12.3. The summed E-state index contributed by atoms with van der Waals surface area (Å²) in [5, 5.41) is 7.26. The first kappa shape index (κ1) is 12.6. The van der Waals surface area contributed by atoms with Gasteiger partial charge >= 0.3 is 6.18 Å². The molecule has 1 rings (SSSR count). The minimum atomic E-state index is -4.45. The fourth-order valence-corrected chi connectivity index (χ4v) is 1.31. The van der Waals surface area contributed by atoms with Crippen molar-refractivity contribution < 1.29 is 17.9 Å². The third-order valence-corrected chi connectivity index (χ3v) is 1.95. The van der Waals surface area contributed by atoms with Crippen molar-refractivity contribution in [3.05, 3.63) is 28.8 Å². The number of nitrogens with two attached hydrogens (primary N) is 1. The van der Waals surface area contributed by atoms with Crippen LogP contribution in [0.2, 0.25) is 5.02 Å². The van der Waals surface area contributed by atoms with Gasteiger partial charge in [0.1, 0.15) is 11.6 Å². The number of halogens is 4. The van der Waals surface area contributed by atoms with Crippen molar-refractivity contribution in [2.24, 2.45) is 5.73 Å². The quantitative estimate of drug-likeness (QED) is 0.642. The van der Waals surface area contributed by atoms with Gasteiger partial charge in [-0.3, -0.25) is 5.41 Å². The molecule has 0 amide bonds. The summed E-state index contributed by atoms with van der Waals surface area (Å²) in [4.78, 5) is 0. The number of nitrogen functional groups attached to an aromatic ring is 1. The van der Waals surface area contributed by atoms with E-state index in [-0.39, 0.29) is 16.3 Å². The molecule has 3 nitrogen and oxygen atoms in total. The van der Waals surface area contributed by atoms with E-state index in [1.807, 2.05) is 0 Å². The number of nitrogens with one attached hydrogen (secondary N) is 1. The van der Waals surface area contributed by atoms with Crippen LogP contribution in [-0.4, -0.2) is 18.6 Å². The van der Waals surface area contributed by atoms with Crippen molar-refractivity contribution in [3.63, 3.8) is 0 Å². The maximum Gasteiger partial charge on any atom is 0.422 e. The van der Waals surface area contributed by atoms with Gasteiger partial charge in [0, 0.05) is 0 Å². The molecule has 0 aliphatic carbocycles. The van der Waals surface area contributed by atoms with E-state index in [0.29, 0.717) is 0 Å². The monoisotopic (exact) mass is 252 g/mol. The predicted octanol–water partition coefficient (Wildman–Crippen LogP) is 2.57. The van der Waals surface area contributed by atoms with Crippen LogP contribution in [0.4, 0.5) is 13.2 Å². The second kappa shape index (κ2) is 4.61. The maximum atomic E-state index is 11.9. The van der Waals surface area contributed by atoms with Gasteiger partial charge in [-0.25, -0.2) is 0 Å². The summed E-state index contributed by atoms with van der Waals surface area (Å²) in [6, 6.07) is 4.10. The minimum absolute atomic E-state index is 0.0339. The van der Waals surface area contributed by atoms with Gasteiger partial charge in [-0.1, -0.05) is 17.7 Å². The predicted molar refractivity (Wildman–Crippen MR) is 54.0 cm³/mol. The zero-order valence-electron chi connectivity index (χ0n) is 7.94. The fourth-order valence-electron chi connectivity index (χ4n) is 1.05. The normalized spacial score (nSPS) is 11.2. The molecule has 0 bridgehead atoms. The molecule has 0 unspecified atom stereocenters. The molecule has 88 valence electrons. The van der Waals surface area contributed by atoms with Crippen LogP contribution in [0.1, 0.15) is 5.56 Å². The minimum Gasteiger partial charge on any atom is -0.483 e. The second-order valence-corrected chi connectivity index (χ2v) is 3.34. The molecule has 1 aromatic rings. The molecule has 3 N–H and O–H groups in total. The van der Waals surface area contributed by atoms with Crippen molar-refractivity contribution in [3.8, 4) is 5.75 Å². The average Bonchev–Trinajstić information content (AvgIpc) is 2.12. The highest BCUT2D eigenvalue weighted by Crippen LogP contribution is 2.27. The summed E-state index contributed by atoms with van der Waals surface area (Å²) in [6.45, 7) is -1.45. The smallest absolute Gasteiger partial charge is 0.422 e. The lowest BCUT2D eigenvalue weighted by atomic mass is 10.2. The Bertz CT molecular complexity index is 406. The van der Waals surface area contributed by atoms with Crippen LogP contribution in [0.3, 0.4) is 0 Å². The molecule has 0 saturated heterocycles. The van der Waals surface area contributed by atoms with Gasteiger partial charge in [-0.05, 0) is 12.1 Å².